The van der Waals surface area contributed by atoms with E-state index in [1.807, 2.05) is 28.8 Å². The number of thioether (sulfide) groups is 1. The number of hydrogen-bond donors (Lipinski definition) is 0. The van der Waals surface area contributed by atoms with Gasteiger partial charge in [-0.05, 0) is 47.2 Å². The number of aromatic nitrogens is 1. The molecule has 1 aliphatic heterocycles. The molecular weight excluding hydrogens is 300 g/mol. The van der Waals surface area contributed by atoms with Crippen molar-refractivity contribution in [2.75, 3.05) is 18.1 Å². The van der Waals surface area contributed by atoms with Crippen molar-refractivity contribution in [2.24, 2.45) is 0 Å². The molecule has 0 unspecified atom stereocenters. The molecule has 0 spiro atoms. The highest BCUT2D eigenvalue weighted by molar-refractivity contribution is 9.10. The molecule has 0 N–H and O–H groups in total. The summed E-state index contributed by atoms with van der Waals surface area (Å²) >= 11 is 5.30. The molecule has 2 rings (SSSR count). The first-order valence-electron chi connectivity index (χ1n) is 5.69. The molecule has 1 amide bonds. The van der Waals surface area contributed by atoms with E-state index >= 15 is 0 Å². The predicted octanol–water partition coefficient (Wildman–Crippen LogP) is 2.81. The lowest BCUT2D eigenvalue weighted by Gasteiger charge is -2.26. The van der Waals surface area contributed by atoms with E-state index in [0.717, 1.165) is 28.9 Å². The zero-order valence-electron chi connectivity index (χ0n) is 9.73. The first kappa shape index (κ1) is 12.9. The predicted molar refractivity (Wildman–Crippen MR) is 74.4 cm³/mol. The van der Waals surface area contributed by atoms with Crippen molar-refractivity contribution in [3.05, 3.63) is 28.5 Å². The van der Waals surface area contributed by atoms with E-state index in [4.69, 9.17) is 0 Å². The van der Waals surface area contributed by atoms with Gasteiger partial charge in [0.15, 0.2) is 0 Å². The number of carbonyl (C=O) groups excluding carboxylic acids is 1. The van der Waals surface area contributed by atoms with Gasteiger partial charge >= 0.3 is 0 Å². The smallest absolute Gasteiger partial charge is 0.273 e. The molecule has 0 bridgehead atoms. The van der Waals surface area contributed by atoms with Gasteiger partial charge in [0.1, 0.15) is 5.69 Å². The Bertz CT molecular complexity index is 413. The fourth-order valence-corrected chi connectivity index (χ4v) is 3.34. The van der Waals surface area contributed by atoms with Crippen LogP contribution in [-0.4, -0.2) is 39.9 Å². The second-order valence-electron chi connectivity index (χ2n) is 4.08. The molecule has 1 saturated heterocycles. The minimum atomic E-state index is 0.0347. The van der Waals surface area contributed by atoms with Crippen LogP contribution in [0.1, 0.15) is 23.8 Å². The van der Waals surface area contributed by atoms with Crippen LogP contribution in [0, 0.1) is 0 Å². The summed E-state index contributed by atoms with van der Waals surface area (Å²) in [6.07, 6.45) is 2.72. The van der Waals surface area contributed by atoms with Gasteiger partial charge in [-0.2, -0.15) is 11.8 Å². The number of halogens is 1. The van der Waals surface area contributed by atoms with Gasteiger partial charge in [-0.15, -0.1) is 0 Å². The molecule has 3 nitrogen and oxygen atoms in total. The van der Waals surface area contributed by atoms with Crippen molar-refractivity contribution < 1.29 is 4.79 Å². The normalized spacial score (nSPS) is 21.1. The van der Waals surface area contributed by atoms with Gasteiger partial charge in [0.25, 0.3) is 5.91 Å². The fraction of sp³-hybridized carbons (Fsp3) is 0.500. The maximum Gasteiger partial charge on any atom is 0.273 e. The molecule has 0 radical (unpaired) electrons. The highest BCUT2D eigenvalue weighted by atomic mass is 79.9. The van der Waals surface area contributed by atoms with Crippen LogP contribution in [0.5, 0.6) is 0 Å². The number of carbonyl (C=O) groups is 1. The van der Waals surface area contributed by atoms with Gasteiger partial charge in [-0.25, -0.2) is 4.98 Å². The molecule has 1 aromatic rings. The Kier molecular flexibility index (Phi) is 4.45. The Labute approximate surface area is 114 Å². The summed E-state index contributed by atoms with van der Waals surface area (Å²) in [5.74, 6) is 2.18. The summed E-state index contributed by atoms with van der Waals surface area (Å²) in [5.41, 5.74) is 0.520. The number of rotatable bonds is 1. The Morgan fingerprint density at radius 1 is 1.59 bits per heavy atom. The quantitative estimate of drug-likeness (QED) is 0.799. The third kappa shape index (κ3) is 3.01. The lowest BCUT2D eigenvalue weighted by atomic mass is 10.2. The average Bonchev–Trinajstić information content (AvgIpc) is 2.54. The van der Waals surface area contributed by atoms with Gasteiger partial charge in [0, 0.05) is 29.0 Å². The molecule has 0 saturated carbocycles. The third-order valence-electron chi connectivity index (χ3n) is 2.91. The van der Waals surface area contributed by atoms with Crippen molar-refractivity contribution in [1.29, 1.82) is 0 Å². The number of pyridine rings is 1. The standard InChI is InChI=1S/C12H15BrN2OS/c1-9-4-7-17-8-6-15(9)12(16)11-10(13)3-2-5-14-11/h2-3,5,9H,4,6-8H2,1H3/t9-/m1/s1. The van der Waals surface area contributed by atoms with E-state index in [1.165, 1.54) is 0 Å². The molecule has 0 aliphatic carbocycles. The van der Waals surface area contributed by atoms with Crippen LogP contribution < -0.4 is 0 Å². The topological polar surface area (TPSA) is 33.2 Å². The van der Waals surface area contributed by atoms with Crippen molar-refractivity contribution in [3.8, 4) is 0 Å². The van der Waals surface area contributed by atoms with Crippen LogP contribution in [0.2, 0.25) is 0 Å². The molecule has 1 atom stereocenters. The molecule has 92 valence electrons. The van der Waals surface area contributed by atoms with Gasteiger partial charge in [0.05, 0.1) is 0 Å². The zero-order valence-corrected chi connectivity index (χ0v) is 12.1. The highest BCUT2D eigenvalue weighted by Crippen LogP contribution is 2.21. The summed E-state index contributed by atoms with van der Waals surface area (Å²) in [5, 5.41) is 0. The van der Waals surface area contributed by atoms with Crippen LogP contribution in [-0.2, 0) is 0 Å². The van der Waals surface area contributed by atoms with E-state index < -0.39 is 0 Å². The summed E-state index contributed by atoms with van der Waals surface area (Å²) in [4.78, 5) is 18.5. The zero-order chi connectivity index (χ0) is 12.3. The average molecular weight is 315 g/mol. The molecule has 17 heavy (non-hydrogen) atoms. The molecule has 1 aromatic heterocycles. The maximum absolute atomic E-state index is 12.4. The molecule has 0 aromatic carbocycles. The summed E-state index contributed by atoms with van der Waals surface area (Å²) in [6.45, 7) is 2.92. The van der Waals surface area contributed by atoms with Crippen LogP contribution in [0.4, 0.5) is 0 Å². The first-order valence-corrected chi connectivity index (χ1v) is 7.64. The van der Waals surface area contributed by atoms with E-state index in [2.05, 4.69) is 27.8 Å². The van der Waals surface area contributed by atoms with Crippen LogP contribution >= 0.6 is 27.7 Å². The third-order valence-corrected chi connectivity index (χ3v) is 4.55. The van der Waals surface area contributed by atoms with Crippen molar-refractivity contribution >= 4 is 33.6 Å². The second kappa shape index (κ2) is 5.87. The minimum absolute atomic E-state index is 0.0347. The second-order valence-corrected chi connectivity index (χ2v) is 6.16. The van der Waals surface area contributed by atoms with Gasteiger partial charge in [-0.3, -0.25) is 4.79 Å². The number of hydrogen-bond acceptors (Lipinski definition) is 3. The number of nitrogens with zero attached hydrogens (tertiary/aromatic N) is 2. The SMILES string of the molecule is C[C@@H]1CCSCCN1C(=O)c1ncccc1Br. The summed E-state index contributed by atoms with van der Waals surface area (Å²) < 4.78 is 0.772. The van der Waals surface area contributed by atoms with Gasteiger partial charge in [-0.1, -0.05) is 0 Å². The van der Waals surface area contributed by atoms with Crippen LogP contribution in [0.3, 0.4) is 0 Å². The van der Waals surface area contributed by atoms with E-state index in [1.54, 1.807) is 6.20 Å². The van der Waals surface area contributed by atoms with Gasteiger partial charge < -0.3 is 4.90 Å². The molecule has 1 fully saturated rings. The minimum Gasteiger partial charge on any atom is -0.334 e. The first-order chi connectivity index (χ1) is 8.20. The van der Waals surface area contributed by atoms with Crippen molar-refractivity contribution in [2.45, 2.75) is 19.4 Å². The maximum atomic E-state index is 12.4. The monoisotopic (exact) mass is 314 g/mol. The lowest BCUT2D eigenvalue weighted by molar-refractivity contribution is 0.0699. The Morgan fingerprint density at radius 3 is 3.18 bits per heavy atom. The molecule has 2 heterocycles. The van der Waals surface area contributed by atoms with E-state index in [0.29, 0.717) is 11.7 Å². The fourth-order valence-electron chi connectivity index (χ4n) is 1.88. The molecule has 1 aliphatic rings. The van der Waals surface area contributed by atoms with E-state index in [-0.39, 0.29) is 5.91 Å². The Hall–Kier alpha value is -0.550. The molecular formula is C12H15BrN2OS. The Morgan fingerprint density at radius 2 is 2.41 bits per heavy atom. The largest absolute Gasteiger partial charge is 0.334 e. The highest BCUT2D eigenvalue weighted by Gasteiger charge is 2.25. The van der Waals surface area contributed by atoms with E-state index in [9.17, 15) is 4.79 Å². The van der Waals surface area contributed by atoms with Crippen LogP contribution in [0.15, 0.2) is 22.8 Å². The van der Waals surface area contributed by atoms with Gasteiger partial charge in [0.2, 0.25) is 0 Å². The number of amides is 1. The van der Waals surface area contributed by atoms with Crippen molar-refractivity contribution in [1.82, 2.24) is 9.88 Å². The summed E-state index contributed by atoms with van der Waals surface area (Å²) in [6, 6.07) is 3.98. The van der Waals surface area contributed by atoms with Crippen molar-refractivity contribution in [3.63, 3.8) is 0 Å². The van der Waals surface area contributed by atoms with Crippen LogP contribution in [0.25, 0.3) is 0 Å². The lowest BCUT2D eigenvalue weighted by Crippen LogP contribution is -2.39. The Balaban J connectivity index is 2.21. The molecule has 5 heteroatoms. The summed E-state index contributed by atoms with van der Waals surface area (Å²) in [7, 11) is 0.